The fraction of sp³-hybridized carbons (Fsp3) is 0.182. The van der Waals surface area contributed by atoms with E-state index in [1.165, 1.54) is 34.8 Å². The van der Waals surface area contributed by atoms with Crippen LogP contribution in [-0.2, 0) is 10.0 Å². The van der Waals surface area contributed by atoms with E-state index in [-0.39, 0.29) is 16.5 Å². The Morgan fingerprint density at radius 3 is 2.71 bits per heavy atom. The Kier molecular flexibility index (Phi) is 5.65. The molecule has 0 atom stereocenters. The zero-order chi connectivity index (χ0) is 22.2. The van der Waals surface area contributed by atoms with Gasteiger partial charge in [0.05, 0.1) is 10.6 Å². The predicted molar refractivity (Wildman–Crippen MR) is 124 cm³/mol. The third kappa shape index (κ3) is 4.12. The lowest BCUT2D eigenvalue weighted by Gasteiger charge is -2.21. The fourth-order valence-corrected chi connectivity index (χ4v) is 5.27. The van der Waals surface area contributed by atoms with E-state index >= 15 is 0 Å². The van der Waals surface area contributed by atoms with Gasteiger partial charge in [0.2, 0.25) is 10.0 Å². The number of rotatable bonds is 6. The normalized spacial score (nSPS) is 12.0. The average molecular weight is 455 g/mol. The molecule has 2 N–H and O–H groups in total. The van der Waals surface area contributed by atoms with Gasteiger partial charge in [0.25, 0.3) is 5.91 Å². The third-order valence-electron chi connectivity index (χ3n) is 5.09. The van der Waals surface area contributed by atoms with E-state index in [9.17, 15) is 13.2 Å². The van der Waals surface area contributed by atoms with Gasteiger partial charge in [-0.25, -0.2) is 13.4 Å². The number of aromatic nitrogens is 2. The van der Waals surface area contributed by atoms with Gasteiger partial charge in [0, 0.05) is 46.7 Å². The van der Waals surface area contributed by atoms with E-state index in [1.807, 2.05) is 35.8 Å². The highest BCUT2D eigenvalue weighted by Gasteiger charge is 2.24. The summed E-state index contributed by atoms with van der Waals surface area (Å²) in [5.74, 6) is -0.413. The largest absolute Gasteiger partial charge is 0.360 e. The minimum absolute atomic E-state index is 0.0787. The fourth-order valence-electron chi connectivity index (χ4n) is 3.15. The molecule has 0 bridgehead atoms. The number of para-hydroxylation sites is 1. The number of hydrogen-bond acceptors (Lipinski definition) is 5. The number of benzene rings is 2. The molecule has 9 heteroatoms. The average Bonchev–Trinajstić information content (AvgIpc) is 3.39. The Hall–Kier alpha value is -3.01. The molecule has 1 amide bonds. The Bertz CT molecular complexity index is 1360. The van der Waals surface area contributed by atoms with Gasteiger partial charge in [0.15, 0.2) is 5.13 Å². The van der Waals surface area contributed by atoms with Crippen molar-refractivity contribution in [2.75, 3.05) is 12.4 Å². The van der Waals surface area contributed by atoms with Crippen molar-refractivity contribution in [1.82, 2.24) is 14.3 Å². The van der Waals surface area contributed by atoms with Gasteiger partial charge in [-0.3, -0.25) is 10.1 Å². The number of aromatic amines is 1. The predicted octanol–water partition coefficient (Wildman–Crippen LogP) is 4.57. The van der Waals surface area contributed by atoms with Crippen molar-refractivity contribution in [3.63, 3.8) is 0 Å². The first-order valence-electron chi connectivity index (χ1n) is 9.69. The molecule has 0 saturated heterocycles. The maximum Gasteiger partial charge on any atom is 0.257 e. The van der Waals surface area contributed by atoms with E-state index in [0.717, 1.165) is 22.2 Å². The lowest BCUT2D eigenvalue weighted by molar-refractivity contribution is 0.102. The lowest BCUT2D eigenvalue weighted by Crippen LogP contribution is -2.33. The van der Waals surface area contributed by atoms with Crippen molar-refractivity contribution in [3.05, 3.63) is 65.7 Å². The number of fused-ring (bicyclic) bond motifs is 1. The molecule has 0 saturated carbocycles. The van der Waals surface area contributed by atoms with Crippen LogP contribution in [0.5, 0.6) is 0 Å². The maximum atomic E-state index is 12.7. The van der Waals surface area contributed by atoms with Crippen molar-refractivity contribution in [2.24, 2.45) is 0 Å². The maximum absolute atomic E-state index is 12.7. The number of amides is 1. The molecule has 4 aromatic rings. The highest BCUT2D eigenvalue weighted by Crippen LogP contribution is 2.31. The van der Waals surface area contributed by atoms with Gasteiger partial charge < -0.3 is 4.98 Å². The minimum atomic E-state index is -3.68. The molecule has 0 unspecified atom stereocenters. The minimum Gasteiger partial charge on any atom is -0.360 e. The Labute approximate surface area is 184 Å². The molecule has 2 heterocycles. The van der Waals surface area contributed by atoms with Crippen LogP contribution in [0.2, 0.25) is 0 Å². The summed E-state index contributed by atoms with van der Waals surface area (Å²) in [4.78, 5) is 20.6. The second kappa shape index (κ2) is 8.26. The summed E-state index contributed by atoms with van der Waals surface area (Å²) in [6.45, 7) is 3.59. The van der Waals surface area contributed by atoms with Gasteiger partial charge in [-0.05, 0) is 38.1 Å². The number of carbonyl (C=O) groups is 1. The Balaban J connectivity index is 1.56. The van der Waals surface area contributed by atoms with Gasteiger partial charge in [-0.15, -0.1) is 11.3 Å². The van der Waals surface area contributed by atoms with Crippen molar-refractivity contribution in [3.8, 4) is 11.3 Å². The molecule has 0 radical (unpaired) electrons. The number of thiazole rings is 1. The van der Waals surface area contributed by atoms with Gasteiger partial charge in [-0.1, -0.05) is 24.3 Å². The van der Waals surface area contributed by atoms with Crippen LogP contribution in [-0.4, -0.2) is 41.7 Å². The summed E-state index contributed by atoms with van der Waals surface area (Å²) in [5, 5.41) is 6.14. The van der Waals surface area contributed by atoms with Crippen LogP contribution in [0.15, 0.2) is 65.0 Å². The van der Waals surface area contributed by atoms with Crippen LogP contribution in [0, 0.1) is 0 Å². The summed E-state index contributed by atoms with van der Waals surface area (Å²) in [6, 6.07) is 13.8. The number of nitrogens with one attached hydrogen (secondary N) is 2. The molecule has 0 aliphatic heterocycles. The number of anilines is 1. The first kappa shape index (κ1) is 21.2. The number of hydrogen-bond donors (Lipinski definition) is 2. The highest BCUT2D eigenvalue weighted by atomic mass is 32.2. The van der Waals surface area contributed by atoms with Crippen molar-refractivity contribution in [1.29, 1.82) is 0 Å². The van der Waals surface area contributed by atoms with Crippen LogP contribution >= 0.6 is 11.3 Å². The van der Waals surface area contributed by atoms with E-state index in [2.05, 4.69) is 15.3 Å². The summed E-state index contributed by atoms with van der Waals surface area (Å²) < 4.78 is 26.7. The molecule has 160 valence electrons. The number of H-pyrrole nitrogens is 1. The zero-order valence-corrected chi connectivity index (χ0v) is 18.9. The van der Waals surface area contributed by atoms with Crippen LogP contribution in [0.25, 0.3) is 22.2 Å². The number of carbonyl (C=O) groups excluding carboxylic acids is 1. The Morgan fingerprint density at radius 1 is 1.16 bits per heavy atom. The van der Waals surface area contributed by atoms with E-state index in [4.69, 9.17) is 0 Å². The number of sulfonamides is 1. The quantitative estimate of drug-likeness (QED) is 0.446. The van der Waals surface area contributed by atoms with E-state index in [0.29, 0.717) is 5.13 Å². The van der Waals surface area contributed by atoms with Crippen LogP contribution < -0.4 is 5.32 Å². The summed E-state index contributed by atoms with van der Waals surface area (Å²) >= 11 is 1.31. The van der Waals surface area contributed by atoms with Crippen LogP contribution in [0.1, 0.15) is 24.2 Å². The molecule has 2 aromatic heterocycles. The SMILES string of the molecule is CC(C)N(C)S(=O)(=O)c1cccc(C(=O)Nc2nc(-c3c[nH]c4ccccc34)cs2)c1. The van der Waals surface area contributed by atoms with Crippen LogP contribution in [0.3, 0.4) is 0 Å². The molecule has 0 aliphatic rings. The molecular formula is C22H22N4O3S2. The highest BCUT2D eigenvalue weighted by molar-refractivity contribution is 7.89. The molecule has 0 spiro atoms. The van der Waals surface area contributed by atoms with E-state index < -0.39 is 15.9 Å². The molecule has 7 nitrogen and oxygen atoms in total. The smallest absolute Gasteiger partial charge is 0.257 e. The topological polar surface area (TPSA) is 95.2 Å². The van der Waals surface area contributed by atoms with Crippen molar-refractivity contribution in [2.45, 2.75) is 24.8 Å². The standard InChI is InChI=1S/C22H22N4O3S2/c1-14(2)26(3)31(28,29)16-8-6-7-15(11-16)21(27)25-22-24-20(13-30-22)18-12-23-19-10-5-4-9-17(18)19/h4-14,23H,1-3H3,(H,24,25,27). The summed E-state index contributed by atoms with van der Waals surface area (Å²) in [5.41, 5.74) is 2.98. The molecule has 0 aliphatic carbocycles. The monoisotopic (exact) mass is 454 g/mol. The van der Waals surface area contributed by atoms with Crippen molar-refractivity contribution < 1.29 is 13.2 Å². The zero-order valence-electron chi connectivity index (χ0n) is 17.3. The molecule has 0 fully saturated rings. The second-order valence-electron chi connectivity index (χ2n) is 7.38. The lowest BCUT2D eigenvalue weighted by atomic mass is 10.1. The summed E-state index contributed by atoms with van der Waals surface area (Å²) in [7, 11) is -2.15. The summed E-state index contributed by atoms with van der Waals surface area (Å²) in [6.07, 6.45) is 1.89. The second-order valence-corrected chi connectivity index (χ2v) is 10.2. The third-order valence-corrected chi connectivity index (χ3v) is 7.88. The number of nitrogens with zero attached hydrogens (tertiary/aromatic N) is 2. The first-order valence-corrected chi connectivity index (χ1v) is 12.0. The van der Waals surface area contributed by atoms with Gasteiger partial charge >= 0.3 is 0 Å². The van der Waals surface area contributed by atoms with Crippen molar-refractivity contribution >= 4 is 43.3 Å². The van der Waals surface area contributed by atoms with Gasteiger partial charge in [0.1, 0.15) is 0 Å². The van der Waals surface area contributed by atoms with Crippen LogP contribution in [0.4, 0.5) is 5.13 Å². The molecule has 2 aromatic carbocycles. The first-order chi connectivity index (χ1) is 14.8. The van der Waals surface area contributed by atoms with Gasteiger partial charge in [-0.2, -0.15) is 4.31 Å². The Morgan fingerprint density at radius 2 is 1.94 bits per heavy atom. The molecule has 4 rings (SSSR count). The molecule has 31 heavy (non-hydrogen) atoms. The van der Waals surface area contributed by atoms with E-state index in [1.54, 1.807) is 26.0 Å². The molecular weight excluding hydrogens is 432 g/mol.